The van der Waals surface area contributed by atoms with Crippen LogP contribution in [0, 0.1) is 13.8 Å². The van der Waals surface area contributed by atoms with E-state index in [1.165, 1.54) is 16.2 Å². The molecule has 0 bridgehead atoms. The largest absolute Gasteiger partial charge is 0.507 e. The summed E-state index contributed by atoms with van der Waals surface area (Å²) in [6.07, 6.45) is 0.0385. The third kappa shape index (κ3) is 4.89. The molecule has 172 valence electrons. The van der Waals surface area contributed by atoms with Gasteiger partial charge < -0.3 is 19.5 Å². The summed E-state index contributed by atoms with van der Waals surface area (Å²) in [5.41, 5.74) is 2.40. The first-order valence-corrected chi connectivity index (χ1v) is 11.7. The number of thiophene rings is 1. The fourth-order valence-electron chi connectivity index (χ4n) is 3.77. The van der Waals surface area contributed by atoms with E-state index in [1.807, 2.05) is 53.0 Å². The minimum absolute atomic E-state index is 0.0169. The Balaban J connectivity index is 2.06. The Morgan fingerprint density at radius 3 is 2.38 bits per heavy atom. The van der Waals surface area contributed by atoms with Crippen LogP contribution >= 0.6 is 11.3 Å². The minimum Gasteiger partial charge on any atom is -0.507 e. The predicted octanol–water partition coefficient (Wildman–Crippen LogP) is 5.00. The van der Waals surface area contributed by atoms with Crippen molar-refractivity contribution in [1.82, 2.24) is 4.90 Å². The molecule has 1 N–H and O–H groups in total. The first-order valence-electron chi connectivity index (χ1n) is 10.8. The number of nitrogens with zero attached hydrogens (tertiary/aromatic N) is 1. The molecule has 1 saturated heterocycles. The number of carbonyl (C=O) groups excluding carboxylic acids is 2. The zero-order valence-electron chi connectivity index (χ0n) is 19.5. The highest BCUT2D eigenvalue weighted by molar-refractivity contribution is 7.10. The van der Waals surface area contributed by atoms with Crippen LogP contribution in [0.3, 0.4) is 0 Å². The number of ketones is 1. The van der Waals surface area contributed by atoms with E-state index in [4.69, 9.17) is 9.47 Å². The Bertz CT molecular complexity index is 1040. The van der Waals surface area contributed by atoms with Gasteiger partial charge in [0.2, 0.25) is 0 Å². The second-order valence-electron chi connectivity index (χ2n) is 8.53. The average molecular weight is 458 g/mol. The number of Topliss-reactive ketones (excluding diaryl/α,β-unsaturated/α-hetero) is 1. The summed E-state index contributed by atoms with van der Waals surface area (Å²) in [6, 6.07) is 6.58. The van der Waals surface area contributed by atoms with Gasteiger partial charge in [-0.2, -0.15) is 0 Å². The van der Waals surface area contributed by atoms with Crippen LogP contribution in [0.15, 0.2) is 35.2 Å². The summed E-state index contributed by atoms with van der Waals surface area (Å²) >= 11 is 1.47. The smallest absolute Gasteiger partial charge is 0.295 e. The number of benzene rings is 1. The molecule has 32 heavy (non-hydrogen) atoms. The molecule has 1 aromatic carbocycles. The van der Waals surface area contributed by atoms with Gasteiger partial charge in [0.25, 0.3) is 11.7 Å². The van der Waals surface area contributed by atoms with Crippen LogP contribution in [0.4, 0.5) is 0 Å². The number of aliphatic hydroxyl groups is 1. The molecule has 1 aliphatic heterocycles. The number of aryl methyl sites for hydroxylation is 2. The summed E-state index contributed by atoms with van der Waals surface area (Å²) in [5.74, 6) is -0.751. The van der Waals surface area contributed by atoms with Crippen LogP contribution in [-0.4, -0.2) is 47.1 Å². The first-order chi connectivity index (χ1) is 15.1. The predicted molar refractivity (Wildman–Crippen MR) is 126 cm³/mol. The number of aliphatic hydroxyl groups excluding tert-OH is 1. The van der Waals surface area contributed by atoms with Crippen LogP contribution in [0.25, 0.3) is 5.76 Å². The Morgan fingerprint density at radius 1 is 1.09 bits per heavy atom. The number of ether oxygens (including phenoxy) is 2. The summed E-state index contributed by atoms with van der Waals surface area (Å²) in [4.78, 5) is 28.4. The van der Waals surface area contributed by atoms with Crippen molar-refractivity contribution in [2.75, 3.05) is 13.2 Å². The average Bonchev–Trinajstić information content (AvgIpc) is 3.24. The summed E-state index contributed by atoms with van der Waals surface area (Å²) in [7, 11) is 0. The van der Waals surface area contributed by atoms with Crippen LogP contribution in [0.2, 0.25) is 0 Å². The molecule has 1 aromatic heterocycles. The van der Waals surface area contributed by atoms with E-state index >= 15 is 0 Å². The molecular weight excluding hydrogens is 426 g/mol. The molecule has 2 aromatic rings. The van der Waals surface area contributed by atoms with Crippen molar-refractivity contribution in [1.29, 1.82) is 0 Å². The van der Waals surface area contributed by atoms with Gasteiger partial charge in [-0.3, -0.25) is 9.59 Å². The maximum absolute atomic E-state index is 13.1. The maximum atomic E-state index is 13.1. The highest BCUT2D eigenvalue weighted by atomic mass is 32.1. The number of hydrogen-bond acceptors (Lipinski definition) is 6. The summed E-state index contributed by atoms with van der Waals surface area (Å²) < 4.78 is 11.4. The van der Waals surface area contributed by atoms with Crippen molar-refractivity contribution < 1.29 is 24.2 Å². The zero-order valence-corrected chi connectivity index (χ0v) is 20.3. The number of rotatable bonds is 8. The minimum atomic E-state index is -0.676. The third-order valence-corrected chi connectivity index (χ3v) is 6.36. The van der Waals surface area contributed by atoms with Crippen LogP contribution < -0.4 is 4.74 Å². The van der Waals surface area contributed by atoms with Crippen molar-refractivity contribution in [2.24, 2.45) is 0 Å². The van der Waals surface area contributed by atoms with Gasteiger partial charge in [-0.25, -0.2) is 0 Å². The zero-order chi connectivity index (χ0) is 23.6. The topological polar surface area (TPSA) is 76.1 Å². The Hall–Kier alpha value is -2.64. The molecule has 0 radical (unpaired) electrons. The fraction of sp³-hybridized carbons (Fsp3) is 0.440. The number of hydrogen-bond donors (Lipinski definition) is 1. The van der Waals surface area contributed by atoms with Crippen molar-refractivity contribution in [3.8, 4) is 5.75 Å². The lowest BCUT2D eigenvalue weighted by atomic mass is 9.97. The highest BCUT2D eigenvalue weighted by Gasteiger charge is 2.46. The van der Waals surface area contributed by atoms with E-state index < -0.39 is 17.7 Å². The Labute approximate surface area is 193 Å². The maximum Gasteiger partial charge on any atom is 0.295 e. The van der Waals surface area contributed by atoms with Crippen molar-refractivity contribution in [3.05, 3.63) is 56.8 Å². The second kappa shape index (κ2) is 9.88. The molecule has 1 amide bonds. The summed E-state index contributed by atoms with van der Waals surface area (Å²) in [5, 5.41) is 13.1. The molecule has 2 heterocycles. The standard InChI is InChI=1S/C25H31NO5S/c1-14(2)30-11-10-26-21(24-16(5)9-12-32-24)20(23(28)25(26)29)22(27)18-7-8-19(17(6)13-18)31-15(3)4/h7-9,12-15,21,27H,10-11H2,1-6H3/b22-20-. The molecule has 1 unspecified atom stereocenters. The molecule has 6 nitrogen and oxygen atoms in total. The lowest BCUT2D eigenvalue weighted by molar-refractivity contribution is -0.140. The van der Waals surface area contributed by atoms with E-state index in [9.17, 15) is 14.7 Å². The van der Waals surface area contributed by atoms with Crippen LogP contribution in [-0.2, 0) is 14.3 Å². The Morgan fingerprint density at radius 2 is 1.81 bits per heavy atom. The first kappa shape index (κ1) is 24.0. The van der Waals surface area contributed by atoms with Gasteiger partial charge in [-0.05, 0) is 82.3 Å². The SMILES string of the molecule is Cc1cc(/C(O)=C2/C(=O)C(=O)N(CCOC(C)C)C2c2sccc2C)ccc1OC(C)C. The lowest BCUT2D eigenvalue weighted by Crippen LogP contribution is -2.33. The van der Waals surface area contributed by atoms with E-state index in [0.29, 0.717) is 17.9 Å². The molecule has 0 aliphatic carbocycles. The lowest BCUT2D eigenvalue weighted by Gasteiger charge is -2.25. The number of amides is 1. The number of carbonyl (C=O) groups is 2. The Kier molecular flexibility index (Phi) is 7.41. The molecule has 1 aliphatic rings. The number of likely N-dealkylation sites (tertiary alicyclic amines) is 1. The summed E-state index contributed by atoms with van der Waals surface area (Å²) in [6.45, 7) is 12.1. The normalized spacial score (nSPS) is 18.2. The molecule has 0 saturated carbocycles. The van der Waals surface area contributed by atoms with Gasteiger partial charge >= 0.3 is 0 Å². The van der Waals surface area contributed by atoms with Crippen LogP contribution in [0.1, 0.15) is 55.3 Å². The van der Waals surface area contributed by atoms with Gasteiger partial charge in [-0.1, -0.05) is 0 Å². The molecule has 1 fully saturated rings. The van der Waals surface area contributed by atoms with Gasteiger partial charge in [0.05, 0.1) is 30.4 Å². The van der Waals surface area contributed by atoms with E-state index in [-0.39, 0.29) is 30.1 Å². The third-order valence-electron chi connectivity index (χ3n) is 5.28. The van der Waals surface area contributed by atoms with Gasteiger partial charge in [0.15, 0.2) is 0 Å². The van der Waals surface area contributed by atoms with Crippen molar-refractivity contribution in [3.63, 3.8) is 0 Å². The molecule has 3 rings (SSSR count). The molecule has 1 atom stereocenters. The van der Waals surface area contributed by atoms with E-state index in [1.54, 1.807) is 18.2 Å². The quantitative estimate of drug-likeness (QED) is 0.343. The monoisotopic (exact) mass is 457 g/mol. The van der Waals surface area contributed by atoms with Crippen molar-refractivity contribution >= 4 is 28.8 Å². The molecule has 7 heteroatoms. The van der Waals surface area contributed by atoms with Gasteiger partial charge in [0, 0.05) is 17.0 Å². The van der Waals surface area contributed by atoms with E-state index in [2.05, 4.69) is 0 Å². The molecular formula is C25H31NO5S. The highest BCUT2D eigenvalue weighted by Crippen LogP contribution is 2.42. The van der Waals surface area contributed by atoms with Gasteiger partial charge in [0.1, 0.15) is 11.5 Å². The van der Waals surface area contributed by atoms with Crippen molar-refractivity contribution in [2.45, 2.75) is 59.8 Å². The van der Waals surface area contributed by atoms with Gasteiger partial charge in [-0.15, -0.1) is 11.3 Å². The molecule has 0 spiro atoms. The second-order valence-corrected chi connectivity index (χ2v) is 9.47. The van der Waals surface area contributed by atoms with Crippen LogP contribution in [0.5, 0.6) is 5.75 Å². The fourth-order valence-corrected chi connectivity index (χ4v) is 4.82. The van der Waals surface area contributed by atoms with E-state index in [0.717, 1.165) is 16.0 Å².